The first-order valence-corrected chi connectivity index (χ1v) is 4.03. The Morgan fingerprint density at radius 3 is 2.85 bits per heavy atom. The van der Waals surface area contributed by atoms with Crippen LogP contribution in [-0.2, 0) is 0 Å². The highest BCUT2D eigenvalue weighted by Crippen LogP contribution is 2.27. The number of carbonyl (C=O) groups excluding carboxylic acids is 1. The number of urea groups is 1. The molecule has 0 bridgehead atoms. The van der Waals surface area contributed by atoms with Crippen LogP contribution in [0.4, 0.5) is 10.5 Å². The molecule has 0 saturated carbocycles. The number of fused-ring (bicyclic) bond motifs is 1. The third kappa shape index (κ3) is 1.09. The van der Waals surface area contributed by atoms with Crippen LogP contribution in [0.15, 0.2) is 30.8 Å². The van der Waals surface area contributed by atoms with Crippen molar-refractivity contribution in [2.45, 2.75) is 0 Å². The van der Waals surface area contributed by atoms with Gasteiger partial charge in [0.1, 0.15) is 0 Å². The Bertz CT molecular complexity index is 384. The van der Waals surface area contributed by atoms with Crippen molar-refractivity contribution in [3.8, 4) is 0 Å². The number of benzene rings is 1. The zero-order valence-corrected chi connectivity index (χ0v) is 7.37. The van der Waals surface area contributed by atoms with Crippen LogP contribution in [0.1, 0.15) is 5.56 Å². The van der Waals surface area contributed by atoms with Gasteiger partial charge in [-0.3, -0.25) is 4.90 Å². The Balaban J connectivity index is 2.60. The van der Waals surface area contributed by atoms with Crippen LogP contribution in [0.25, 0.3) is 5.70 Å². The number of hydrogen-bond acceptors (Lipinski definition) is 1. The van der Waals surface area contributed by atoms with Crippen molar-refractivity contribution in [2.75, 3.05) is 11.9 Å². The van der Waals surface area contributed by atoms with E-state index in [-0.39, 0.29) is 6.03 Å². The number of nitrogens with one attached hydrogen (secondary N) is 1. The third-order valence-electron chi connectivity index (χ3n) is 2.15. The van der Waals surface area contributed by atoms with Crippen LogP contribution in [0.5, 0.6) is 0 Å². The van der Waals surface area contributed by atoms with Gasteiger partial charge in [0, 0.05) is 18.3 Å². The van der Waals surface area contributed by atoms with E-state index in [1.807, 2.05) is 24.3 Å². The molecule has 1 aliphatic heterocycles. The molecule has 0 atom stereocenters. The fourth-order valence-corrected chi connectivity index (χ4v) is 1.41. The summed E-state index contributed by atoms with van der Waals surface area (Å²) in [6.07, 6.45) is 0. The standard InChI is InChI=1S/C10H10N2O/c1-7-8-5-3-4-6-9(8)12(2)10(13)11-7/h3-6H,1H2,2H3,(H,11,13). The third-order valence-corrected chi connectivity index (χ3v) is 2.15. The Morgan fingerprint density at radius 1 is 1.38 bits per heavy atom. The zero-order chi connectivity index (χ0) is 9.42. The smallest absolute Gasteiger partial charge is 0.307 e. The number of hydrogen-bond donors (Lipinski definition) is 1. The highest BCUT2D eigenvalue weighted by molar-refractivity contribution is 6.03. The van der Waals surface area contributed by atoms with Crippen LogP contribution in [0.2, 0.25) is 0 Å². The van der Waals surface area contributed by atoms with Gasteiger partial charge in [0.2, 0.25) is 0 Å². The van der Waals surface area contributed by atoms with E-state index in [4.69, 9.17) is 0 Å². The molecule has 1 heterocycles. The molecular weight excluding hydrogens is 164 g/mol. The molecule has 1 aliphatic rings. The van der Waals surface area contributed by atoms with E-state index in [9.17, 15) is 4.79 Å². The molecule has 0 aromatic heterocycles. The van der Waals surface area contributed by atoms with Crippen molar-refractivity contribution in [3.05, 3.63) is 36.4 Å². The quantitative estimate of drug-likeness (QED) is 0.639. The normalized spacial score (nSPS) is 15.3. The summed E-state index contributed by atoms with van der Waals surface area (Å²) < 4.78 is 0. The first kappa shape index (κ1) is 7.86. The largest absolute Gasteiger partial charge is 0.326 e. The van der Waals surface area contributed by atoms with E-state index in [1.165, 1.54) is 0 Å². The van der Waals surface area contributed by atoms with Gasteiger partial charge in [0.05, 0.1) is 5.69 Å². The van der Waals surface area contributed by atoms with Crippen LogP contribution >= 0.6 is 0 Å². The number of anilines is 1. The average Bonchev–Trinajstić information content (AvgIpc) is 2.15. The lowest BCUT2D eigenvalue weighted by molar-refractivity contribution is 0.250. The van der Waals surface area contributed by atoms with Crippen molar-refractivity contribution in [1.82, 2.24) is 5.32 Å². The monoisotopic (exact) mass is 174 g/mol. The Kier molecular flexibility index (Phi) is 1.59. The van der Waals surface area contributed by atoms with Gasteiger partial charge >= 0.3 is 6.03 Å². The number of rotatable bonds is 0. The maximum Gasteiger partial charge on any atom is 0.326 e. The Morgan fingerprint density at radius 2 is 2.08 bits per heavy atom. The molecule has 3 nitrogen and oxygen atoms in total. The SMILES string of the molecule is C=C1NC(=O)N(C)c2ccccc21. The van der Waals surface area contributed by atoms with Gasteiger partial charge in [-0.25, -0.2) is 4.79 Å². The second-order valence-corrected chi connectivity index (χ2v) is 2.98. The van der Waals surface area contributed by atoms with Crippen LogP contribution < -0.4 is 10.2 Å². The van der Waals surface area contributed by atoms with E-state index in [0.29, 0.717) is 5.70 Å². The van der Waals surface area contributed by atoms with Gasteiger partial charge < -0.3 is 5.32 Å². The molecule has 0 radical (unpaired) electrons. The molecule has 0 spiro atoms. The van der Waals surface area contributed by atoms with Gasteiger partial charge in [-0.15, -0.1) is 0 Å². The van der Waals surface area contributed by atoms with Gasteiger partial charge in [-0.2, -0.15) is 0 Å². The maximum absolute atomic E-state index is 11.3. The van der Waals surface area contributed by atoms with Gasteiger partial charge in [-0.1, -0.05) is 24.8 Å². The molecule has 0 aliphatic carbocycles. The minimum absolute atomic E-state index is 0.135. The van der Waals surface area contributed by atoms with Crippen LogP contribution in [0.3, 0.4) is 0 Å². The first-order valence-electron chi connectivity index (χ1n) is 4.03. The Labute approximate surface area is 76.7 Å². The lowest BCUT2D eigenvalue weighted by Crippen LogP contribution is -2.40. The van der Waals surface area contributed by atoms with Crippen molar-refractivity contribution in [3.63, 3.8) is 0 Å². The molecule has 1 aromatic carbocycles. The van der Waals surface area contributed by atoms with Crippen molar-refractivity contribution in [2.24, 2.45) is 0 Å². The topological polar surface area (TPSA) is 32.3 Å². The summed E-state index contributed by atoms with van der Waals surface area (Å²) in [5, 5.41) is 2.68. The molecule has 66 valence electrons. The molecule has 1 N–H and O–H groups in total. The molecule has 0 saturated heterocycles. The predicted octanol–water partition coefficient (Wildman–Crippen LogP) is 1.82. The fourth-order valence-electron chi connectivity index (χ4n) is 1.41. The molecule has 1 aromatic rings. The van der Waals surface area contributed by atoms with Gasteiger partial charge in [0.25, 0.3) is 0 Å². The molecule has 13 heavy (non-hydrogen) atoms. The summed E-state index contributed by atoms with van der Waals surface area (Å²) in [5.41, 5.74) is 2.54. The summed E-state index contributed by atoms with van der Waals surface area (Å²) >= 11 is 0. The zero-order valence-electron chi connectivity index (χ0n) is 7.37. The number of nitrogens with zero attached hydrogens (tertiary/aromatic N) is 1. The number of para-hydroxylation sites is 1. The second kappa shape index (κ2) is 2.62. The van der Waals surface area contributed by atoms with Crippen LogP contribution in [0, 0.1) is 0 Å². The van der Waals surface area contributed by atoms with E-state index < -0.39 is 0 Å². The molecule has 0 unspecified atom stereocenters. The maximum atomic E-state index is 11.3. The van der Waals surface area contributed by atoms with Crippen molar-refractivity contribution >= 4 is 17.4 Å². The van der Waals surface area contributed by atoms with Crippen molar-refractivity contribution < 1.29 is 4.79 Å². The van der Waals surface area contributed by atoms with Gasteiger partial charge in [0.15, 0.2) is 0 Å². The minimum atomic E-state index is -0.135. The molecule has 2 amide bonds. The summed E-state index contributed by atoms with van der Waals surface area (Å²) in [6.45, 7) is 3.78. The van der Waals surface area contributed by atoms with E-state index in [0.717, 1.165) is 11.3 Å². The molecule has 3 heteroatoms. The predicted molar refractivity (Wildman–Crippen MR) is 52.4 cm³/mol. The lowest BCUT2D eigenvalue weighted by Gasteiger charge is -2.27. The van der Waals surface area contributed by atoms with E-state index in [1.54, 1.807) is 11.9 Å². The summed E-state index contributed by atoms with van der Waals surface area (Å²) in [7, 11) is 1.74. The molecule has 2 rings (SSSR count). The average molecular weight is 174 g/mol. The van der Waals surface area contributed by atoms with E-state index in [2.05, 4.69) is 11.9 Å². The summed E-state index contributed by atoms with van der Waals surface area (Å²) in [4.78, 5) is 12.9. The highest BCUT2D eigenvalue weighted by atomic mass is 16.2. The second-order valence-electron chi connectivity index (χ2n) is 2.98. The molecule has 0 fully saturated rings. The number of amides is 2. The molecular formula is C10H10N2O. The van der Waals surface area contributed by atoms with Crippen molar-refractivity contribution in [1.29, 1.82) is 0 Å². The Hall–Kier alpha value is -1.77. The van der Waals surface area contributed by atoms with Gasteiger partial charge in [-0.05, 0) is 6.07 Å². The lowest BCUT2D eigenvalue weighted by atomic mass is 10.1. The number of carbonyl (C=O) groups is 1. The highest BCUT2D eigenvalue weighted by Gasteiger charge is 2.21. The fraction of sp³-hybridized carbons (Fsp3) is 0.100. The summed E-state index contributed by atoms with van der Waals surface area (Å²) in [6, 6.07) is 7.53. The van der Waals surface area contributed by atoms with Crippen LogP contribution in [-0.4, -0.2) is 13.1 Å². The minimum Gasteiger partial charge on any atom is -0.307 e. The summed E-state index contributed by atoms with van der Waals surface area (Å²) in [5.74, 6) is 0. The van der Waals surface area contributed by atoms with E-state index >= 15 is 0 Å². The first-order chi connectivity index (χ1) is 6.20.